The Labute approximate surface area is 158 Å². The number of hydrogen-bond donors (Lipinski definition) is 1. The molecule has 2 aromatic heterocycles. The van der Waals surface area contributed by atoms with E-state index in [0.29, 0.717) is 23.6 Å². The lowest BCUT2D eigenvalue weighted by Crippen LogP contribution is -2.15. The summed E-state index contributed by atoms with van der Waals surface area (Å²) in [4.78, 5) is 12.5. The summed E-state index contributed by atoms with van der Waals surface area (Å²) in [6.07, 6.45) is -1.32. The van der Waals surface area contributed by atoms with Crippen LogP contribution in [-0.4, -0.2) is 20.8 Å². The van der Waals surface area contributed by atoms with Crippen LogP contribution in [0.2, 0.25) is 0 Å². The second-order valence-corrected chi connectivity index (χ2v) is 5.92. The maximum absolute atomic E-state index is 12.8. The second kappa shape index (κ2) is 7.75. The monoisotopic (exact) mass is 394 g/mol. The van der Waals surface area contributed by atoms with Crippen LogP contribution in [0.1, 0.15) is 34.3 Å². The molecule has 3 rings (SSSR count). The quantitative estimate of drug-likeness (QED) is 0.682. The fourth-order valence-electron chi connectivity index (χ4n) is 2.45. The minimum absolute atomic E-state index is 0.00581. The van der Waals surface area contributed by atoms with Gasteiger partial charge in [-0.25, -0.2) is 0 Å². The molecule has 3 aromatic rings. The first-order valence-corrected chi connectivity index (χ1v) is 8.37. The standard InChI is InChI=1S/C18H17F3N4O3/c1-3-25-9-13(8-22-25)23-17(26)16-15(11(2)28-24-16)10-27-14-6-4-5-12(7-14)18(19,20)21/h4-9H,3,10H2,1-2H3,(H,23,26). The molecule has 7 nitrogen and oxygen atoms in total. The van der Waals surface area contributed by atoms with Gasteiger partial charge in [0.25, 0.3) is 5.91 Å². The molecule has 0 bridgehead atoms. The van der Waals surface area contributed by atoms with E-state index in [1.165, 1.54) is 18.3 Å². The van der Waals surface area contributed by atoms with Gasteiger partial charge >= 0.3 is 6.18 Å². The Morgan fingerprint density at radius 2 is 2.14 bits per heavy atom. The fraction of sp³-hybridized carbons (Fsp3) is 0.278. The van der Waals surface area contributed by atoms with E-state index in [0.717, 1.165) is 12.1 Å². The van der Waals surface area contributed by atoms with Crippen molar-refractivity contribution in [3.63, 3.8) is 0 Å². The third-order valence-electron chi connectivity index (χ3n) is 3.96. The van der Waals surface area contributed by atoms with Crippen molar-refractivity contribution in [2.75, 3.05) is 5.32 Å². The summed E-state index contributed by atoms with van der Waals surface area (Å²) in [5, 5.41) is 10.4. The summed E-state index contributed by atoms with van der Waals surface area (Å²) in [7, 11) is 0. The Kier molecular flexibility index (Phi) is 5.39. The van der Waals surface area contributed by atoms with Crippen molar-refractivity contribution in [2.45, 2.75) is 33.2 Å². The molecule has 2 heterocycles. The predicted molar refractivity (Wildman–Crippen MR) is 92.9 cm³/mol. The van der Waals surface area contributed by atoms with E-state index in [2.05, 4.69) is 15.6 Å². The Balaban J connectivity index is 1.73. The SMILES string of the molecule is CCn1cc(NC(=O)c2noc(C)c2COc2cccc(C(F)(F)F)c2)cn1. The van der Waals surface area contributed by atoms with E-state index >= 15 is 0 Å². The highest BCUT2D eigenvalue weighted by atomic mass is 19.4. The maximum atomic E-state index is 12.8. The van der Waals surface area contributed by atoms with Gasteiger partial charge in [-0.2, -0.15) is 18.3 Å². The van der Waals surface area contributed by atoms with Gasteiger partial charge in [-0.05, 0) is 32.0 Å². The van der Waals surface area contributed by atoms with E-state index in [4.69, 9.17) is 9.26 Å². The lowest BCUT2D eigenvalue weighted by molar-refractivity contribution is -0.137. The maximum Gasteiger partial charge on any atom is 0.416 e. The molecule has 0 saturated heterocycles. The first-order valence-electron chi connectivity index (χ1n) is 8.37. The summed E-state index contributed by atoms with van der Waals surface area (Å²) in [6.45, 7) is 3.97. The van der Waals surface area contributed by atoms with E-state index in [9.17, 15) is 18.0 Å². The van der Waals surface area contributed by atoms with Crippen LogP contribution in [0.3, 0.4) is 0 Å². The number of ether oxygens (including phenoxy) is 1. The molecular formula is C18H17F3N4O3. The number of carbonyl (C=O) groups excluding carboxylic acids is 1. The smallest absolute Gasteiger partial charge is 0.416 e. The molecule has 0 radical (unpaired) electrons. The number of alkyl halides is 3. The van der Waals surface area contributed by atoms with Crippen molar-refractivity contribution in [1.29, 1.82) is 0 Å². The highest BCUT2D eigenvalue weighted by Gasteiger charge is 2.30. The number of hydrogen-bond acceptors (Lipinski definition) is 5. The number of benzene rings is 1. The van der Waals surface area contributed by atoms with Crippen molar-refractivity contribution < 1.29 is 27.2 Å². The molecule has 0 aliphatic rings. The predicted octanol–water partition coefficient (Wildman–Crippen LogP) is 4.05. The average molecular weight is 394 g/mol. The van der Waals surface area contributed by atoms with Crippen molar-refractivity contribution in [3.8, 4) is 5.75 Å². The zero-order valence-corrected chi connectivity index (χ0v) is 15.1. The van der Waals surface area contributed by atoms with Crippen molar-refractivity contribution >= 4 is 11.6 Å². The van der Waals surface area contributed by atoms with Crippen LogP contribution < -0.4 is 10.1 Å². The summed E-state index contributed by atoms with van der Waals surface area (Å²) in [6, 6.07) is 4.49. The number of amides is 1. The van der Waals surface area contributed by atoms with Gasteiger partial charge < -0.3 is 14.6 Å². The van der Waals surface area contributed by atoms with Crippen LogP contribution in [0, 0.1) is 6.92 Å². The van der Waals surface area contributed by atoms with Crippen molar-refractivity contribution in [2.24, 2.45) is 0 Å². The number of rotatable bonds is 6. The molecule has 1 amide bonds. The van der Waals surface area contributed by atoms with E-state index in [1.807, 2.05) is 6.92 Å². The Morgan fingerprint density at radius 1 is 1.36 bits per heavy atom. The van der Waals surface area contributed by atoms with Crippen LogP contribution in [0.5, 0.6) is 5.75 Å². The second-order valence-electron chi connectivity index (χ2n) is 5.92. The summed E-state index contributed by atoms with van der Waals surface area (Å²) < 4.78 is 50.6. The lowest BCUT2D eigenvalue weighted by atomic mass is 10.2. The lowest BCUT2D eigenvalue weighted by Gasteiger charge is -2.10. The van der Waals surface area contributed by atoms with E-state index in [1.54, 1.807) is 17.8 Å². The van der Waals surface area contributed by atoms with E-state index < -0.39 is 17.6 Å². The largest absolute Gasteiger partial charge is 0.489 e. The molecule has 0 aliphatic heterocycles. The third kappa shape index (κ3) is 4.33. The summed E-state index contributed by atoms with van der Waals surface area (Å²) >= 11 is 0. The summed E-state index contributed by atoms with van der Waals surface area (Å²) in [5.74, 6) is -0.178. The van der Waals surface area contributed by atoms with Gasteiger partial charge in [-0.3, -0.25) is 9.48 Å². The Hall–Kier alpha value is -3.30. The van der Waals surface area contributed by atoms with E-state index in [-0.39, 0.29) is 18.1 Å². The number of nitrogens with zero attached hydrogens (tertiary/aromatic N) is 3. The number of aryl methyl sites for hydroxylation is 2. The third-order valence-corrected chi connectivity index (χ3v) is 3.96. The Morgan fingerprint density at radius 3 is 2.82 bits per heavy atom. The van der Waals surface area contributed by atoms with Gasteiger partial charge in [0.15, 0.2) is 5.69 Å². The molecule has 0 aliphatic carbocycles. The van der Waals surface area contributed by atoms with Crippen LogP contribution in [0.4, 0.5) is 18.9 Å². The van der Waals surface area contributed by atoms with Gasteiger partial charge in [-0.15, -0.1) is 0 Å². The van der Waals surface area contributed by atoms with Gasteiger partial charge in [0, 0.05) is 12.7 Å². The number of anilines is 1. The van der Waals surface area contributed by atoms with Gasteiger partial charge in [0.05, 0.1) is 23.0 Å². The minimum atomic E-state index is -4.47. The van der Waals surface area contributed by atoms with Gasteiger partial charge in [0.1, 0.15) is 18.1 Å². The van der Waals surface area contributed by atoms with Gasteiger partial charge in [-0.1, -0.05) is 11.2 Å². The van der Waals surface area contributed by atoms with Crippen molar-refractivity contribution in [1.82, 2.24) is 14.9 Å². The first kappa shape index (κ1) is 19.5. The molecule has 28 heavy (non-hydrogen) atoms. The normalized spacial score (nSPS) is 11.5. The van der Waals surface area contributed by atoms with Gasteiger partial charge in [0.2, 0.25) is 0 Å². The summed E-state index contributed by atoms with van der Waals surface area (Å²) in [5.41, 5.74) is 0.00159. The molecule has 0 atom stereocenters. The number of nitrogens with one attached hydrogen (secondary N) is 1. The zero-order valence-electron chi connectivity index (χ0n) is 15.1. The molecule has 0 fully saturated rings. The molecule has 1 aromatic carbocycles. The molecule has 1 N–H and O–H groups in total. The zero-order chi connectivity index (χ0) is 20.3. The van der Waals surface area contributed by atoms with Crippen LogP contribution in [0.25, 0.3) is 0 Å². The molecule has 148 valence electrons. The highest BCUT2D eigenvalue weighted by molar-refractivity contribution is 6.03. The topological polar surface area (TPSA) is 82.2 Å². The van der Waals surface area contributed by atoms with Crippen molar-refractivity contribution in [3.05, 3.63) is 59.2 Å². The van der Waals surface area contributed by atoms with Crippen LogP contribution >= 0.6 is 0 Å². The molecular weight excluding hydrogens is 377 g/mol. The number of carbonyl (C=O) groups is 1. The molecule has 0 unspecified atom stereocenters. The average Bonchev–Trinajstić information content (AvgIpc) is 3.25. The highest BCUT2D eigenvalue weighted by Crippen LogP contribution is 2.31. The number of aromatic nitrogens is 3. The molecule has 0 saturated carbocycles. The number of halogens is 3. The molecule has 10 heteroatoms. The Bertz CT molecular complexity index is 979. The fourth-order valence-corrected chi connectivity index (χ4v) is 2.45. The molecule has 0 spiro atoms. The van der Waals surface area contributed by atoms with Crippen LogP contribution in [-0.2, 0) is 19.3 Å². The van der Waals surface area contributed by atoms with Crippen LogP contribution in [0.15, 0.2) is 41.2 Å². The minimum Gasteiger partial charge on any atom is -0.489 e. The first-order chi connectivity index (χ1) is 13.3.